The molecule has 1 aliphatic carbocycles. The molecule has 0 amide bonds. The Labute approximate surface area is 76.1 Å². The number of hydrogen-bond donors (Lipinski definition) is 1. The Bertz CT molecular complexity index is 121. The normalized spacial score (nSPS) is 30.0. The fourth-order valence-corrected chi connectivity index (χ4v) is 2.11. The van der Waals surface area contributed by atoms with Gasteiger partial charge in [-0.05, 0) is 31.8 Å². The van der Waals surface area contributed by atoms with Crippen LogP contribution in [-0.2, 0) is 0 Å². The number of nitrogens with two attached hydrogens (primary N) is 1. The molecule has 1 fully saturated rings. The molecule has 1 saturated carbocycles. The zero-order valence-electron chi connectivity index (χ0n) is 8.42. The highest BCUT2D eigenvalue weighted by Crippen LogP contribution is 2.24. The van der Waals surface area contributed by atoms with E-state index in [0.717, 1.165) is 5.92 Å². The van der Waals surface area contributed by atoms with Crippen molar-refractivity contribution in [2.45, 2.75) is 39.2 Å². The van der Waals surface area contributed by atoms with Gasteiger partial charge in [-0.1, -0.05) is 20.3 Å². The summed E-state index contributed by atoms with van der Waals surface area (Å²) in [5.41, 5.74) is 6.01. The number of hydrogen-bond acceptors (Lipinski definition) is 2. The van der Waals surface area contributed by atoms with E-state index < -0.39 is 0 Å². The molecule has 0 bridgehead atoms. The topological polar surface area (TPSA) is 29.3 Å². The van der Waals surface area contributed by atoms with Crippen LogP contribution in [0.3, 0.4) is 0 Å². The summed E-state index contributed by atoms with van der Waals surface area (Å²) in [6, 6.07) is 0.477. The minimum absolute atomic E-state index is 0.477. The molecule has 0 aliphatic heterocycles. The summed E-state index contributed by atoms with van der Waals surface area (Å²) in [7, 11) is 0. The van der Waals surface area contributed by atoms with Crippen LogP contribution in [0.2, 0.25) is 0 Å². The Morgan fingerprint density at radius 1 is 1.25 bits per heavy atom. The van der Waals surface area contributed by atoms with E-state index in [1.165, 1.54) is 38.9 Å². The van der Waals surface area contributed by atoms with Crippen LogP contribution in [-0.4, -0.2) is 30.6 Å². The average Bonchev–Trinajstić information content (AvgIpc) is 2.47. The Balaban J connectivity index is 2.28. The highest BCUT2D eigenvalue weighted by Gasteiger charge is 2.24. The Morgan fingerprint density at radius 2 is 1.92 bits per heavy atom. The lowest BCUT2D eigenvalue weighted by atomic mass is 10.0. The predicted molar refractivity (Wildman–Crippen MR) is 53.1 cm³/mol. The molecule has 72 valence electrons. The molecular formula is C10H22N2. The van der Waals surface area contributed by atoms with E-state index in [4.69, 9.17) is 5.73 Å². The molecule has 2 nitrogen and oxygen atoms in total. The molecule has 12 heavy (non-hydrogen) atoms. The van der Waals surface area contributed by atoms with E-state index in [0.29, 0.717) is 6.04 Å². The third kappa shape index (κ3) is 2.46. The van der Waals surface area contributed by atoms with Gasteiger partial charge in [0.25, 0.3) is 0 Å². The fraction of sp³-hybridized carbons (Fsp3) is 1.00. The zero-order valence-corrected chi connectivity index (χ0v) is 8.42. The summed E-state index contributed by atoms with van der Waals surface area (Å²) in [6.45, 7) is 8.00. The van der Waals surface area contributed by atoms with Crippen molar-refractivity contribution in [1.29, 1.82) is 0 Å². The average molecular weight is 170 g/mol. The molecule has 2 N–H and O–H groups in total. The maximum absolute atomic E-state index is 6.01. The zero-order chi connectivity index (χ0) is 8.97. The van der Waals surface area contributed by atoms with Crippen molar-refractivity contribution in [3.8, 4) is 0 Å². The number of nitrogens with zero attached hydrogens (tertiary/aromatic N) is 1. The van der Waals surface area contributed by atoms with Gasteiger partial charge in [-0.2, -0.15) is 0 Å². The molecule has 0 saturated heterocycles. The molecule has 0 radical (unpaired) electrons. The first-order chi connectivity index (χ1) is 5.77. The van der Waals surface area contributed by atoms with Crippen LogP contribution in [0.25, 0.3) is 0 Å². The molecule has 1 rings (SSSR count). The van der Waals surface area contributed by atoms with Gasteiger partial charge in [0.05, 0.1) is 0 Å². The summed E-state index contributed by atoms with van der Waals surface area (Å²) >= 11 is 0. The molecule has 0 aromatic carbocycles. The van der Waals surface area contributed by atoms with Gasteiger partial charge < -0.3 is 10.6 Å². The monoisotopic (exact) mass is 170 g/mol. The molecule has 0 spiro atoms. The van der Waals surface area contributed by atoms with Gasteiger partial charge >= 0.3 is 0 Å². The lowest BCUT2D eigenvalue weighted by Gasteiger charge is -2.24. The quantitative estimate of drug-likeness (QED) is 0.692. The molecule has 0 heterocycles. The van der Waals surface area contributed by atoms with Crippen LogP contribution in [0.4, 0.5) is 0 Å². The van der Waals surface area contributed by atoms with Gasteiger partial charge in [0.1, 0.15) is 0 Å². The van der Waals surface area contributed by atoms with Gasteiger partial charge in [-0.25, -0.2) is 0 Å². The smallest absolute Gasteiger partial charge is 0.00793 e. The first-order valence-corrected chi connectivity index (χ1v) is 5.25. The van der Waals surface area contributed by atoms with Crippen molar-refractivity contribution in [3.63, 3.8) is 0 Å². The molecule has 2 heteroatoms. The van der Waals surface area contributed by atoms with Gasteiger partial charge in [0, 0.05) is 12.6 Å². The minimum atomic E-state index is 0.477. The Hall–Kier alpha value is -0.0800. The van der Waals surface area contributed by atoms with E-state index >= 15 is 0 Å². The second kappa shape index (κ2) is 4.83. The highest BCUT2D eigenvalue weighted by atomic mass is 15.1. The van der Waals surface area contributed by atoms with Crippen molar-refractivity contribution in [3.05, 3.63) is 0 Å². The van der Waals surface area contributed by atoms with E-state index in [-0.39, 0.29) is 0 Å². The Morgan fingerprint density at radius 3 is 2.33 bits per heavy atom. The molecular weight excluding hydrogens is 148 g/mol. The molecule has 2 atom stereocenters. The third-order valence-corrected chi connectivity index (χ3v) is 3.11. The van der Waals surface area contributed by atoms with Crippen molar-refractivity contribution < 1.29 is 0 Å². The number of rotatable bonds is 4. The molecule has 0 aromatic heterocycles. The third-order valence-electron chi connectivity index (χ3n) is 3.11. The highest BCUT2D eigenvalue weighted by molar-refractivity contribution is 4.82. The van der Waals surface area contributed by atoms with E-state index in [1.807, 2.05) is 0 Å². The van der Waals surface area contributed by atoms with Crippen LogP contribution in [0, 0.1) is 5.92 Å². The summed E-state index contributed by atoms with van der Waals surface area (Å²) < 4.78 is 0. The summed E-state index contributed by atoms with van der Waals surface area (Å²) in [5, 5.41) is 0. The summed E-state index contributed by atoms with van der Waals surface area (Å²) in [5.74, 6) is 0.768. The van der Waals surface area contributed by atoms with Gasteiger partial charge in [0.2, 0.25) is 0 Å². The maximum Gasteiger partial charge on any atom is 0.00793 e. The molecule has 1 aliphatic rings. The van der Waals surface area contributed by atoms with Crippen molar-refractivity contribution in [2.75, 3.05) is 19.6 Å². The lowest BCUT2D eigenvalue weighted by Crippen LogP contribution is -2.36. The molecule has 2 unspecified atom stereocenters. The van der Waals surface area contributed by atoms with Crippen molar-refractivity contribution in [2.24, 2.45) is 11.7 Å². The molecule has 0 aromatic rings. The fourth-order valence-electron chi connectivity index (χ4n) is 2.11. The SMILES string of the molecule is CCN(CC)CC1CCCC1N. The largest absolute Gasteiger partial charge is 0.327 e. The second-order valence-corrected chi connectivity index (χ2v) is 3.84. The van der Waals surface area contributed by atoms with Crippen LogP contribution in [0.1, 0.15) is 33.1 Å². The van der Waals surface area contributed by atoms with E-state index in [1.54, 1.807) is 0 Å². The standard InChI is InChI=1S/C10H22N2/c1-3-12(4-2)8-9-6-5-7-10(9)11/h9-10H,3-8,11H2,1-2H3. The van der Waals surface area contributed by atoms with Crippen LogP contribution in [0.15, 0.2) is 0 Å². The maximum atomic E-state index is 6.01. The Kier molecular flexibility index (Phi) is 4.02. The van der Waals surface area contributed by atoms with Crippen LogP contribution in [0.5, 0.6) is 0 Å². The van der Waals surface area contributed by atoms with E-state index in [2.05, 4.69) is 18.7 Å². The predicted octanol–water partition coefficient (Wildman–Crippen LogP) is 1.46. The van der Waals surface area contributed by atoms with Gasteiger partial charge in [-0.15, -0.1) is 0 Å². The van der Waals surface area contributed by atoms with Crippen molar-refractivity contribution in [1.82, 2.24) is 4.90 Å². The van der Waals surface area contributed by atoms with E-state index in [9.17, 15) is 0 Å². The second-order valence-electron chi connectivity index (χ2n) is 3.84. The van der Waals surface area contributed by atoms with Gasteiger partial charge in [0.15, 0.2) is 0 Å². The van der Waals surface area contributed by atoms with Crippen LogP contribution >= 0.6 is 0 Å². The minimum Gasteiger partial charge on any atom is -0.327 e. The summed E-state index contributed by atoms with van der Waals surface area (Å²) in [4.78, 5) is 2.48. The summed E-state index contributed by atoms with van der Waals surface area (Å²) in [6.07, 6.45) is 3.93. The first-order valence-electron chi connectivity index (χ1n) is 5.25. The van der Waals surface area contributed by atoms with Crippen molar-refractivity contribution >= 4 is 0 Å². The lowest BCUT2D eigenvalue weighted by molar-refractivity contribution is 0.243. The first kappa shape index (κ1) is 10.0. The van der Waals surface area contributed by atoms with Gasteiger partial charge in [-0.3, -0.25) is 0 Å². The van der Waals surface area contributed by atoms with Crippen LogP contribution < -0.4 is 5.73 Å².